The number of Topliss-reactive ketones (excluding diaryl/α,β-unsaturated/α-hetero) is 1. The quantitative estimate of drug-likeness (QED) is 0.834. The van der Waals surface area contributed by atoms with E-state index in [4.69, 9.17) is 4.74 Å². The van der Waals surface area contributed by atoms with Gasteiger partial charge in [0.15, 0.2) is 0 Å². The fourth-order valence-corrected chi connectivity index (χ4v) is 2.74. The number of carbonyl (C=O) groups is 3. The Morgan fingerprint density at radius 1 is 1.19 bits per heavy atom. The number of alkyl carbamates (subject to hydrolysis) is 1. The van der Waals surface area contributed by atoms with Gasteiger partial charge in [-0.15, -0.1) is 0 Å². The molecule has 1 aliphatic rings. The third-order valence-corrected chi connectivity index (χ3v) is 3.53. The number of carbonyl (C=O) groups excluding carboxylic acids is 2. The van der Waals surface area contributed by atoms with E-state index in [-0.39, 0.29) is 18.6 Å². The Labute approximate surface area is 125 Å². The monoisotopic (exact) mass is 299 g/mol. The van der Waals surface area contributed by atoms with E-state index in [1.54, 1.807) is 20.8 Å². The summed E-state index contributed by atoms with van der Waals surface area (Å²) < 4.78 is 5.21. The second-order valence-corrected chi connectivity index (χ2v) is 7.80. The maximum absolute atomic E-state index is 12.0. The van der Waals surface area contributed by atoms with Crippen LogP contribution in [0.15, 0.2) is 0 Å². The molecular weight excluding hydrogens is 274 g/mol. The summed E-state index contributed by atoms with van der Waals surface area (Å²) in [6.07, 6.45) is -0.775. The van der Waals surface area contributed by atoms with E-state index in [9.17, 15) is 19.5 Å². The molecule has 1 aliphatic carbocycles. The minimum Gasteiger partial charge on any atom is -0.481 e. The average molecular weight is 299 g/mol. The van der Waals surface area contributed by atoms with E-state index in [2.05, 4.69) is 5.32 Å². The van der Waals surface area contributed by atoms with E-state index < -0.39 is 34.5 Å². The van der Waals surface area contributed by atoms with Gasteiger partial charge >= 0.3 is 12.1 Å². The van der Waals surface area contributed by atoms with Gasteiger partial charge in [0.1, 0.15) is 16.8 Å². The lowest BCUT2D eigenvalue weighted by molar-refractivity contribution is -0.166. The van der Waals surface area contributed by atoms with Gasteiger partial charge in [-0.2, -0.15) is 0 Å². The van der Waals surface area contributed by atoms with Gasteiger partial charge in [-0.25, -0.2) is 4.79 Å². The number of ketones is 1. The first-order valence-corrected chi connectivity index (χ1v) is 7.02. The van der Waals surface area contributed by atoms with Gasteiger partial charge in [0, 0.05) is 12.8 Å². The molecule has 120 valence electrons. The fourth-order valence-electron chi connectivity index (χ4n) is 2.74. The number of nitrogens with one attached hydrogen (secondary N) is 1. The third-order valence-electron chi connectivity index (χ3n) is 3.53. The van der Waals surface area contributed by atoms with E-state index in [0.29, 0.717) is 0 Å². The van der Waals surface area contributed by atoms with Gasteiger partial charge in [0.25, 0.3) is 0 Å². The van der Waals surface area contributed by atoms with Crippen LogP contribution in [-0.4, -0.2) is 34.6 Å². The maximum Gasteiger partial charge on any atom is 0.407 e. The van der Waals surface area contributed by atoms with Crippen molar-refractivity contribution in [1.29, 1.82) is 0 Å². The Hall–Kier alpha value is -1.59. The summed E-state index contributed by atoms with van der Waals surface area (Å²) in [6, 6.07) is -0.685. The van der Waals surface area contributed by atoms with Gasteiger partial charge in [-0.05, 0) is 26.2 Å². The summed E-state index contributed by atoms with van der Waals surface area (Å²) in [5.74, 6) is -1.16. The van der Waals surface area contributed by atoms with Crippen molar-refractivity contribution in [2.75, 3.05) is 0 Å². The molecule has 0 radical (unpaired) electrons. The Morgan fingerprint density at radius 2 is 1.67 bits per heavy atom. The fraction of sp³-hybridized carbons (Fsp3) is 0.800. The Balaban J connectivity index is 3.00. The van der Waals surface area contributed by atoms with Crippen molar-refractivity contribution in [3.63, 3.8) is 0 Å². The van der Waals surface area contributed by atoms with Crippen LogP contribution >= 0.6 is 0 Å². The van der Waals surface area contributed by atoms with Crippen LogP contribution in [0.2, 0.25) is 0 Å². The SMILES string of the molecule is CC(C)(C)OC(=O)NC(C(C)(C)C)C1(C(=O)O)CC(=O)C1. The molecule has 0 bridgehead atoms. The first-order valence-electron chi connectivity index (χ1n) is 7.02. The van der Waals surface area contributed by atoms with Crippen molar-refractivity contribution in [3.05, 3.63) is 0 Å². The number of ether oxygens (including phenoxy) is 1. The Morgan fingerprint density at radius 3 is 1.95 bits per heavy atom. The number of rotatable bonds is 3. The van der Waals surface area contributed by atoms with E-state index in [1.807, 2.05) is 20.8 Å². The molecule has 1 fully saturated rings. The van der Waals surface area contributed by atoms with Crippen molar-refractivity contribution < 1.29 is 24.2 Å². The van der Waals surface area contributed by atoms with E-state index in [0.717, 1.165) is 0 Å². The van der Waals surface area contributed by atoms with E-state index >= 15 is 0 Å². The van der Waals surface area contributed by atoms with Crippen LogP contribution in [0.1, 0.15) is 54.4 Å². The highest BCUT2D eigenvalue weighted by atomic mass is 16.6. The summed E-state index contributed by atoms with van der Waals surface area (Å²) in [5.41, 5.74) is -2.43. The molecule has 6 nitrogen and oxygen atoms in total. The molecule has 21 heavy (non-hydrogen) atoms. The topological polar surface area (TPSA) is 92.7 Å². The summed E-state index contributed by atoms with van der Waals surface area (Å²) in [4.78, 5) is 35.0. The van der Waals surface area contributed by atoms with Crippen LogP contribution in [0.4, 0.5) is 4.79 Å². The van der Waals surface area contributed by atoms with Crippen molar-refractivity contribution in [2.24, 2.45) is 10.8 Å². The minimum atomic E-state index is -1.24. The lowest BCUT2D eigenvalue weighted by Crippen LogP contribution is -2.63. The highest BCUT2D eigenvalue weighted by Gasteiger charge is 2.59. The number of carboxylic acids is 1. The van der Waals surface area contributed by atoms with Gasteiger partial charge < -0.3 is 15.2 Å². The molecule has 0 saturated heterocycles. The van der Waals surface area contributed by atoms with Crippen LogP contribution in [0, 0.1) is 10.8 Å². The molecule has 1 unspecified atom stereocenters. The van der Waals surface area contributed by atoms with Crippen molar-refractivity contribution in [3.8, 4) is 0 Å². The first-order chi connectivity index (χ1) is 9.28. The number of hydrogen-bond donors (Lipinski definition) is 2. The number of amides is 1. The second-order valence-electron chi connectivity index (χ2n) is 7.80. The molecule has 1 saturated carbocycles. The van der Waals surface area contributed by atoms with Gasteiger partial charge in [0.2, 0.25) is 0 Å². The Bertz CT molecular complexity index is 448. The summed E-state index contributed by atoms with van der Waals surface area (Å²) in [5, 5.41) is 12.2. The number of hydrogen-bond acceptors (Lipinski definition) is 4. The third kappa shape index (κ3) is 3.95. The van der Waals surface area contributed by atoms with Gasteiger partial charge in [0.05, 0.1) is 6.04 Å². The van der Waals surface area contributed by atoms with Crippen molar-refractivity contribution in [1.82, 2.24) is 5.32 Å². The largest absolute Gasteiger partial charge is 0.481 e. The minimum absolute atomic E-state index is 0.0555. The maximum atomic E-state index is 12.0. The van der Waals surface area contributed by atoms with Crippen LogP contribution in [0.25, 0.3) is 0 Å². The number of aliphatic carboxylic acids is 1. The zero-order valence-corrected chi connectivity index (χ0v) is 13.6. The Kier molecular flexibility index (Phi) is 4.42. The summed E-state index contributed by atoms with van der Waals surface area (Å²) >= 11 is 0. The summed E-state index contributed by atoms with van der Waals surface area (Å²) in [6.45, 7) is 10.7. The van der Waals surface area contributed by atoms with Gasteiger partial charge in [-0.3, -0.25) is 9.59 Å². The lowest BCUT2D eigenvalue weighted by atomic mass is 9.57. The van der Waals surface area contributed by atoms with Crippen LogP contribution in [0.5, 0.6) is 0 Å². The molecule has 1 atom stereocenters. The molecule has 0 aromatic rings. The molecule has 1 rings (SSSR count). The van der Waals surface area contributed by atoms with Crippen molar-refractivity contribution >= 4 is 17.8 Å². The predicted octanol–water partition coefficient (Wildman–Crippen LogP) is 2.36. The molecule has 0 aromatic carbocycles. The smallest absolute Gasteiger partial charge is 0.407 e. The first kappa shape index (κ1) is 17.5. The van der Waals surface area contributed by atoms with Crippen LogP contribution in [0.3, 0.4) is 0 Å². The summed E-state index contributed by atoms with van der Waals surface area (Å²) in [7, 11) is 0. The molecule has 0 aliphatic heterocycles. The normalized spacial score (nSPS) is 19.4. The average Bonchev–Trinajstić information content (AvgIpc) is 2.16. The molecule has 0 aromatic heterocycles. The molecular formula is C15H25NO5. The standard InChI is InChI=1S/C15H25NO5/c1-13(2,3)10(16-12(20)21-14(4,5)6)15(11(18)19)7-9(17)8-15/h10H,7-8H2,1-6H3,(H,16,20)(H,18,19). The van der Waals surface area contributed by atoms with Crippen LogP contribution < -0.4 is 5.32 Å². The molecule has 0 spiro atoms. The molecule has 2 N–H and O–H groups in total. The predicted molar refractivity (Wildman–Crippen MR) is 76.9 cm³/mol. The molecule has 1 amide bonds. The second kappa shape index (κ2) is 5.31. The van der Waals surface area contributed by atoms with Crippen molar-refractivity contribution in [2.45, 2.75) is 66.0 Å². The van der Waals surface area contributed by atoms with Crippen LogP contribution in [-0.2, 0) is 14.3 Å². The highest BCUT2D eigenvalue weighted by molar-refractivity contribution is 5.98. The number of carboxylic acid groups (broad SMARTS) is 1. The zero-order chi connectivity index (χ0) is 16.6. The highest BCUT2D eigenvalue weighted by Crippen LogP contribution is 2.47. The lowest BCUT2D eigenvalue weighted by Gasteiger charge is -2.48. The molecule has 0 heterocycles. The zero-order valence-electron chi connectivity index (χ0n) is 13.6. The van der Waals surface area contributed by atoms with E-state index in [1.165, 1.54) is 0 Å². The molecule has 6 heteroatoms. The van der Waals surface area contributed by atoms with Gasteiger partial charge in [-0.1, -0.05) is 20.8 Å².